The van der Waals surface area contributed by atoms with Gasteiger partial charge in [0.2, 0.25) is 0 Å². The Morgan fingerprint density at radius 3 is 3.00 bits per heavy atom. The Kier molecular flexibility index (Phi) is 5.00. The predicted octanol–water partition coefficient (Wildman–Crippen LogP) is 1.80. The fourth-order valence-corrected chi connectivity index (χ4v) is 3.81. The summed E-state index contributed by atoms with van der Waals surface area (Å²) in [5.74, 6) is 0.992. The minimum Gasteiger partial charge on any atom is -0.295 e. The lowest BCUT2D eigenvalue weighted by molar-refractivity contribution is 0.231. The van der Waals surface area contributed by atoms with E-state index in [1.165, 1.54) is 19.3 Å². The van der Waals surface area contributed by atoms with E-state index < -0.39 is 0 Å². The van der Waals surface area contributed by atoms with Crippen molar-refractivity contribution in [2.45, 2.75) is 57.0 Å². The lowest BCUT2D eigenvalue weighted by Gasteiger charge is -2.28. The van der Waals surface area contributed by atoms with Gasteiger partial charge in [-0.25, -0.2) is 4.68 Å². The molecular weight excluding hydrogens is 246 g/mol. The summed E-state index contributed by atoms with van der Waals surface area (Å²) in [4.78, 5) is 2.42. The lowest BCUT2D eigenvalue weighted by Crippen LogP contribution is -2.36. The second-order valence-electron chi connectivity index (χ2n) is 5.01. The topological polar surface area (TPSA) is 46.8 Å². The van der Waals surface area contributed by atoms with Crippen LogP contribution in [0.5, 0.6) is 0 Å². The molecule has 2 unspecified atom stereocenters. The van der Waals surface area contributed by atoms with Crippen LogP contribution in [-0.2, 0) is 13.1 Å². The average Bonchev–Trinajstić information content (AvgIpc) is 2.98. The van der Waals surface area contributed by atoms with E-state index in [9.17, 15) is 0 Å². The molecule has 1 heterocycles. The van der Waals surface area contributed by atoms with E-state index in [0.29, 0.717) is 6.04 Å². The zero-order valence-electron chi connectivity index (χ0n) is 11.5. The maximum atomic E-state index is 4.15. The minimum absolute atomic E-state index is 0.673. The molecule has 1 aliphatic carbocycles. The van der Waals surface area contributed by atoms with Crippen LogP contribution in [0.25, 0.3) is 0 Å². The van der Waals surface area contributed by atoms with Crippen LogP contribution >= 0.6 is 11.8 Å². The van der Waals surface area contributed by atoms with Crippen molar-refractivity contribution in [3.05, 3.63) is 5.82 Å². The molecule has 0 bridgehead atoms. The molecule has 0 spiro atoms. The Balaban J connectivity index is 1.97. The quantitative estimate of drug-likeness (QED) is 0.788. The highest BCUT2D eigenvalue weighted by molar-refractivity contribution is 7.99. The molecule has 1 fully saturated rings. The average molecular weight is 269 g/mol. The minimum atomic E-state index is 0.673. The SMILES string of the molecule is CCCn1nnnc1CN(C)C1CCCC1SC. The first-order valence-electron chi connectivity index (χ1n) is 6.74. The van der Waals surface area contributed by atoms with Gasteiger partial charge in [-0.2, -0.15) is 11.8 Å². The van der Waals surface area contributed by atoms with Gasteiger partial charge in [0.05, 0.1) is 6.54 Å². The maximum Gasteiger partial charge on any atom is 0.165 e. The smallest absolute Gasteiger partial charge is 0.165 e. The number of thioether (sulfide) groups is 1. The molecular formula is C12H23N5S. The molecule has 18 heavy (non-hydrogen) atoms. The number of aryl methyl sites for hydroxylation is 1. The van der Waals surface area contributed by atoms with Gasteiger partial charge in [0, 0.05) is 17.8 Å². The van der Waals surface area contributed by atoms with Gasteiger partial charge in [-0.15, -0.1) is 5.10 Å². The highest BCUT2D eigenvalue weighted by Gasteiger charge is 2.30. The summed E-state index contributed by atoms with van der Waals surface area (Å²) in [6, 6.07) is 0.673. The Labute approximate surface area is 113 Å². The van der Waals surface area contributed by atoms with E-state index in [4.69, 9.17) is 0 Å². The van der Waals surface area contributed by atoms with E-state index in [2.05, 4.69) is 40.7 Å². The molecule has 1 aliphatic rings. The molecule has 0 amide bonds. The molecule has 0 aliphatic heterocycles. The molecule has 0 aromatic carbocycles. The highest BCUT2D eigenvalue weighted by Crippen LogP contribution is 2.31. The van der Waals surface area contributed by atoms with Crippen LogP contribution in [0.1, 0.15) is 38.4 Å². The van der Waals surface area contributed by atoms with Gasteiger partial charge in [-0.3, -0.25) is 4.90 Å². The zero-order valence-corrected chi connectivity index (χ0v) is 12.4. The summed E-state index contributed by atoms with van der Waals surface area (Å²) in [6.07, 6.45) is 7.28. The number of tetrazole rings is 1. The molecule has 1 saturated carbocycles. The van der Waals surface area contributed by atoms with Crippen molar-refractivity contribution in [1.29, 1.82) is 0 Å². The van der Waals surface area contributed by atoms with Crippen LogP contribution in [0, 0.1) is 0 Å². The van der Waals surface area contributed by atoms with Gasteiger partial charge in [-0.05, 0) is 43.0 Å². The molecule has 0 N–H and O–H groups in total. The van der Waals surface area contributed by atoms with Gasteiger partial charge in [0.25, 0.3) is 0 Å². The maximum absolute atomic E-state index is 4.15. The van der Waals surface area contributed by atoms with Crippen molar-refractivity contribution >= 4 is 11.8 Å². The van der Waals surface area contributed by atoms with E-state index in [0.717, 1.165) is 30.6 Å². The predicted molar refractivity (Wildman–Crippen MR) is 74.5 cm³/mol. The third-order valence-electron chi connectivity index (χ3n) is 3.72. The molecule has 5 nitrogen and oxygen atoms in total. The second-order valence-corrected chi connectivity index (χ2v) is 6.08. The number of hydrogen-bond donors (Lipinski definition) is 0. The Morgan fingerprint density at radius 2 is 2.28 bits per heavy atom. The van der Waals surface area contributed by atoms with Crippen LogP contribution in [0.4, 0.5) is 0 Å². The summed E-state index contributed by atoms with van der Waals surface area (Å²) < 4.78 is 1.93. The number of aromatic nitrogens is 4. The van der Waals surface area contributed by atoms with Gasteiger partial charge >= 0.3 is 0 Å². The third kappa shape index (κ3) is 3.03. The largest absolute Gasteiger partial charge is 0.295 e. The van der Waals surface area contributed by atoms with E-state index >= 15 is 0 Å². The summed E-state index contributed by atoms with van der Waals surface area (Å²) in [5, 5.41) is 12.8. The standard InChI is InChI=1S/C12H23N5S/c1-4-8-17-12(13-14-15-17)9-16(2)10-6-5-7-11(10)18-3/h10-11H,4-9H2,1-3H3. The molecule has 1 aromatic rings. The summed E-state index contributed by atoms with van der Waals surface area (Å²) in [6.45, 7) is 3.91. The van der Waals surface area contributed by atoms with Crippen molar-refractivity contribution in [3.8, 4) is 0 Å². The van der Waals surface area contributed by atoms with Gasteiger partial charge in [0.1, 0.15) is 0 Å². The number of nitrogens with zero attached hydrogens (tertiary/aromatic N) is 5. The fraction of sp³-hybridized carbons (Fsp3) is 0.917. The molecule has 0 radical (unpaired) electrons. The van der Waals surface area contributed by atoms with Crippen LogP contribution < -0.4 is 0 Å². The Morgan fingerprint density at radius 1 is 1.44 bits per heavy atom. The summed E-state index contributed by atoms with van der Waals surface area (Å²) >= 11 is 2.00. The molecule has 1 aromatic heterocycles. The van der Waals surface area contributed by atoms with Crippen LogP contribution in [0.15, 0.2) is 0 Å². The number of rotatable bonds is 6. The first-order chi connectivity index (χ1) is 8.76. The van der Waals surface area contributed by atoms with Gasteiger partial charge in [0.15, 0.2) is 5.82 Å². The normalized spacial score (nSPS) is 24.0. The fourth-order valence-electron chi connectivity index (χ4n) is 2.75. The summed E-state index contributed by atoms with van der Waals surface area (Å²) in [5.41, 5.74) is 0. The van der Waals surface area contributed by atoms with Crippen LogP contribution in [0.2, 0.25) is 0 Å². The molecule has 2 atom stereocenters. The first-order valence-corrected chi connectivity index (χ1v) is 8.03. The summed E-state index contributed by atoms with van der Waals surface area (Å²) in [7, 11) is 2.20. The van der Waals surface area contributed by atoms with Crippen molar-refractivity contribution in [3.63, 3.8) is 0 Å². The van der Waals surface area contributed by atoms with E-state index in [-0.39, 0.29) is 0 Å². The number of hydrogen-bond acceptors (Lipinski definition) is 5. The first kappa shape index (κ1) is 13.8. The van der Waals surface area contributed by atoms with Crippen LogP contribution in [-0.4, -0.2) is 49.7 Å². The second kappa shape index (κ2) is 6.52. The lowest BCUT2D eigenvalue weighted by atomic mass is 10.2. The van der Waals surface area contributed by atoms with E-state index in [1.807, 2.05) is 16.4 Å². The molecule has 102 valence electrons. The van der Waals surface area contributed by atoms with Crippen molar-refractivity contribution in [2.75, 3.05) is 13.3 Å². The van der Waals surface area contributed by atoms with Gasteiger partial charge in [-0.1, -0.05) is 13.3 Å². The van der Waals surface area contributed by atoms with Crippen molar-refractivity contribution in [1.82, 2.24) is 25.1 Å². The monoisotopic (exact) mass is 269 g/mol. The zero-order chi connectivity index (χ0) is 13.0. The highest BCUT2D eigenvalue weighted by atomic mass is 32.2. The molecule has 0 saturated heterocycles. The van der Waals surface area contributed by atoms with Crippen molar-refractivity contribution in [2.24, 2.45) is 0 Å². The van der Waals surface area contributed by atoms with Crippen LogP contribution in [0.3, 0.4) is 0 Å². The molecule has 6 heteroatoms. The Hall–Kier alpha value is -0.620. The van der Waals surface area contributed by atoms with E-state index in [1.54, 1.807) is 0 Å². The molecule has 2 rings (SSSR count). The third-order valence-corrected chi connectivity index (χ3v) is 4.87. The van der Waals surface area contributed by atoms with Gasteiger partial charge < -0.3 is 0 Å². The van der Waals surface area contributed by atoms with Crippen molar-refractivity contribution < 1.29 is 0 Å². The Bertz CT molecular complexity index is 367.